The molecule has 0 saturated heterocycles. The van der Waals surface area contributed by atoms with E-state index in [1.165, 1.54) is 12.5 Å². The van der Waals surface area contributed by atoms with Gasteiger partial charge >= 0.3 is 5.97 Å². The summed E-state index contributed by atoms with van der Waals surface area (Å²) >= 11 is 0. The van der Waals surface area contributed by atoms with Gasteiger partial charge in [0, 0.05) is 24.3 Å². The monoisotopic (exact) mass is 489 g/mol. The first-order chi connectivity index (χ1) is 17.2. The molecule has 6 nitrogen and oxygen atoms in total. The van der Waals surface area contributed by atoms with Crippen molar-refractivity contribution in [3.63, 3.8) is 0 Å². The Kier molecular flexibility index (Phi) is 5.65. The maximum Gasteiger partial charge on any atom is 0.302 e. The first kappa shape index (κ1) is 23.9. The van der Waals surface area contributed by atoms with Crippen molar-refractivity contribution in [3.8, 4) is 11.3 Å². The van der Waals surface area contributed by atoms with Crippen LogP contribution < -0.4 is 0 Å². The third kappa shape index (κ3) is 3.66. The number of fused-ring (bicyclic) bond motifs is 5. The van der Waals surface area contributed by atoms with Crippen LogP contribution in [-0.2, 0) is 14.3 Å². The Hall–Kier alpha value is -2.50. The molecule has 4 aliphatic carbocycles. The highest BCUT2D eigenvalue weighted by Gasteiger charge is 2.63. The highest BCUT2D eigenvalue weighted by molar-refractivity contribution is 5.88. The summed E-state index contributed by atoms with van der Waals surface area (Å²) < 4.78 is 7.66. The normalized spacial score (nSPS) is 39.7. The largest absolute Gasteiger partial charge is 0.463 e. The number of aromatic nitrogens is 3. The molecule has 0 unspecified atom stereocenters. The highest BCUT2D eigenvalue weighted by atomic mass is 16.5. The zero-order chi connectivity index (χ0) is 25.2. The maximum atomic E-state index is 13.5. The van der Waals surface area contributed by atoms with E-state index < -0.39 is 0 Å². The molecule has 0 amide bonds. The van der Waals surface area contributed by atoms with Gasteiger partial charge in [-0.3, -0.25) is 9.59 Å². The molecule has 2 aromatic rings. The minimum absolute atomic E-state index is 0.0714. The Bertz CT molecular complexity index is 1170. The van der Waals surface area contributed by atoms with Crippen molar-refractivity contribution < 1.29 is 14.3 Å². The number of Topliss-reactive ketones (excluding diaryl/α,β-unsaturated/α-hetero) is 1. The van der Waals surface area contributed by atoms with Gasteiger partial charge in [-0.2, -0.15) is 0 Å². The second-order valence-electron chi connectivity index (χ2n) is 12.7. The van der Waals surface area contributed by atoms with Gasteiger partial charge in [0.15, 0.2) is 0 Å². The predicted molar refractivity (Wildman–Crippen MR) is 137 cm³/mol. The van der Waals surface area contributed by atoms with Crippen molar-refractivity contribution in [2.45, 2.75) is 91.2 Å². The number of rotatable bonds is 3. The first-order valence-corrected chi connectivity index (χ1v) is 13.9. The molecule has 1 aromatic heterocycles. The molecular weight excluding hydrogens is 450 g/mol. The Labute approximate surface area is 214 Å². The fourth-order valence-electron chi connectivity index (χ4n) is 8.95. The van der Waals surface area contributed by atoms with Crippen molar-refractivity contribution in [3.05, 3.63) is 36.0 Å². The molecule has 192 valence electrons. The van der Waals surface area contributed by atoms with Gasteiger partial charge in [0.2, 0.25) is 0 Å². The van der Waals surface area contributed by atoms with Crippen LogP contribution in [-0.4, -0.2) is 32.9 Å². The van der Waals surface area contributed by atoms with Crippen LogP contribution in [0.3, 0.4) is 0 Å². The SMILES string of the molecule is CC(=O)O[C@H]1CC[C@@]2(C)[C@@H](CC[C@H]3[C@@H]4[C@H](n5cc(-c6ccc(C)cc6)nn5)CC(=O)[C@@]4(C)CC[C@@H]32)C1. The van der Waals surface area contributed by atoms with Gasteiger partial charge in [0.1, 0.15) is 17.6 Å². The van der Waals surface area contributed by atoms with E-state index in [-0.39, 0.29) is 28.9 Å². The molecule has 0 aliphatic heterocycles. The molecule has 1 aromatic carbocycles. The van der Waals surface area contributed by atoms with Gasteiger partial charge in [-0.15, -0.1) is 5.10 Å². The lowest BCUT2D eigenvalue weighted by Crippen LogP contribution is -2.55. The Morgan fingerprint density at radius 2 is 1.86 bits per heavy atom. The zero-order valence-corrected chi connectivity index (χ0v) is 22.1. The number of carbonyl (C=O) groups excluding carboxylic acids is 2. The van der Waals surface area contributed by atoms with E-state index >= 15 is 0 Å². The van der Waals surface area contributed by atoms with Crippen LogP contribution in [0.25, 0.3) is 11.3 Å². The van der Waals surface area contributed by atoms with Gasteiger partial charge in [-0.1, -0.05) is 48.9 Å². The molecule has 0 bridgehead atoms. The molecule has 4 saturated carbocycles. The average molecular weight is 490 g/mol. The fourth-order valence-corrected chi connectivity index (χ4v) is 8.95. The van der Waals surface area contributed by atoms with Crippen molar-refractivity contribution in [1.29, 1.82) is 0 Å². The van der Waals surface area contributed by atoms with Crippen LogP contribution >= 0.6 is 0 Å². The van der Waals surface area contributed by atoms with E-state index in [0.29, 0.717) is 35.9 Å². The molecule has 0 spiro atoms. The number of esters is 1. The van der Waals surface area contributed by atoms with Gasteiger partial charge in [-0.05, 0) is 81.0 Å². The number of ether oxygens (including phenoxy) is 1. The summed E-state index contributed by atoms with van der Waals surface area (Å²) in [5.41, 5.74) is 3.16. The number of carbonyl (C=O) groups is 2. The maximum absolute atomic E-state index is 13.5. The van der Waals surface area contributed by atoms with E-state index in [2.05, 4.69) is 61.5 Å². The minimum Gasteiger partial charge on any atom is -0.463 e. The summed E-state index contributed by atoms with van der Waals surface area (Å²) in [6, 6.07) is 8.48. The molecule has 36 heavy (non-hydrogen) atoms. The molecule has 1 heterocycles. The van der Waals surface area contributed by atoms with E-state index in [0.717, 1.165) is 56.2 Å². The predicted octanol–water partition coefficient (Wildman–Crippen LogP) is 5.95. The summed E-state index contributed by atoms with van der Waals surface area (Å²) in [6.45, 7) is 8.35. The number of hydrogen-bond donors (Lipinski definition) is 0. The van der Waals surface area contributed by atoms with Crippen molar-refractivity contribution >= 4 is 11.8 Å². The van der Waals surface area contributed by atoms with Crippen molar-refractivity contribution in [2.75, 3.05) is 0 Å². The number of aryl methyl sites for hydroxylation is 1. The lowest BCUT2D eigenvalue weighted by molar-refractivity contribution is -0.161. The molecule has 4 aliphatic rings. The van der Waals surface area contributed by atoms with Crippen molar-refractivity contribution in [1.82, 2.24) is 15.0 Å². The molecule has 6 rings (SSSR count). The van der Waals surface area contributed by atoms with Gasteiger partial charge in [0.25, 0.3) is 0 Å². The van der Waals surface area contributed by atoms with E-state index in [9.17, 15) is 9.59 Å². The zero-order valence-electron chi connectivity index (χ0n) is 22.1. The molecule has 4 fully saturated rings. The topological polar surface area (TPSA) is 74.1 Å². The molecule has 8 atom stereocenters. The first-order valence-electron chi connectivity index (χ1n) is 13.9. The van der Waals surface area contributed by atoms with Gasteiger partial charge in [-0.25, -0.2) is 4.68 Å². The van der Waals surface area contributed by atoms with Crippen LogP contribution in [0.15, 0.2) is 30.5 Å². The third-order valence-electron chi connectivity index (χ3n) is 10.8. The fraction of sp³-hybridized carbons (Fsp3) is 0.667. The second-order valence-corrected chi connectivity index (χ2v) is 12.7. The van der Waals surface area contributed by atoms with Crippen molar-refractivity contribution in [2.24, 2.45) is 34.5 Å². The van der Waals surface area contributed by atoms with E-state index in [1.54, 1.807) is 0 Å². The standard InChI is InChI=1S/C30H39N3O3/c1-18-5-7-20(8-6-18)25-17-33(32-31-25)26-16-27(35)30(4)14-12-24-23(28(26)30)10-9-21-15-22(36-19(2)34)11-13-29(21,24)3/h5-8,17,21-24,26,28H,9-16H2,1-4H3/t21-,22-,23+,24-,26+,28+,29-,30+/m0/s1. The molecule has 0 radical (unpaired) electrons. The highest BCUT2D eigenvalue weighted by Crippen LogP contribution is 2.67. The van der Waals surface area contributed by atoms with Crippen LogP contribution in [0, 0.1) is 41.4 Å². The van der Waals surface area contributed by atoms with Crippen LogP contribution in [0.2, 0.25) is 0 Å². The summed E-state index contributed by atoms with van der Waals surface area (Å²) in [7, 11) is 0. The summed E-state index contributed by atoms with van der Waals surface area (Å²) in [5, 5.41) is 9.11. The van der Waals surface area contributed by atoms with Crippen LogP contribution in [0.5, 0.6) is 0 Å². The molecule has 6 heteroatoms. The number of hydrogen-bond acceptors (Lipinski definition) is 5. The third-order valence-corrected chi connectivity index (χ3v) is 10.8. The minimum atomic E-state index is -0.264. The Morgan fingerprint density at radius 3 is 2.61 bits per heavy atom. The van der Waals surface area contributed by atoms with Gasteiger partial charge < -0.3 is 4.74 Å². The summed E-state index contributed by atoms with van der Waals surface area (Å²) in [5.74, 6) is 2.29. The number of benzene rings is 1. The number of ketones is 1. The summed E-state index contributed by atoms with van der Waals surface area (Å²) in [4.78, 5) is 25.1. The van der Waals surface area contributed by atoms with Gasteiger partial charge in [0.05, 0.1) is 12.2 Å². The number of nitrogens with zero attached hydrogens (tertiary/aromatic N) is 3. The second kappa shape index (κ2) is 8.53. The quantitative estimate of drug-likeness (QED) is 0.498. The Morgan fingerprint density at radius 1 is 1.08 bits per heavy atom. The lowest BCUT2D eigenvalue weighted by Gasteiger charge is -2.60. The molecular formula is C30H39N3O3. The van der Waals surface area contributed by atoms with E-state index in [4.69, 9.17) is 4.74 Å². The van der Waals surface area contributed by atoms with Crippen LogP contribution in [0.4, 0.5) is 0 Å². The smallest absolute Gasteiger partial charge is 0.302 e. The Balaban J connectivity index is 1.29. The average Bonchev–Trinajstić information content (AvgIpc) is 3.42. The van der Waals surface area contributed by atoms with Crippen LogP contribution in [0.1, 0.15) is 83.7 Å². The molecule has 0 N–H and O–H groups in total. The lowest BCUT2D eigenvalue weighted by atomic mass is 9.45. The van der Waals surface area contributed by atoms with E-state index in [1.807, 2.05) is 4.68 Å². The summed E-state index contributed by atoms with van der Waals surface area (Å²) in [6.07, 6.45) is 10.2.